The Kier molecular flexibility index (Phi) is 7.16. The van der Waals surface area contributed by atoms with Crippen LogP contribution in [0.4, 0.5) is 0 Å². The maximum Gasteiger partial charge on any atom is 0.303 e. The highest BCUT2D eigenvalue weighted by atomic mass is 16.5. The molecule has 5 nitrogen and oxygen atoms in total. The first-order valence-corrected chi connectivity index (χ1v) is 8.23. The van der Waals surface area contributed by atoms with Crippen LogP contribution < -0.4 is 0 Å². The third-order valence-electron chi connectivity index (χ3n) is 3.83. The lowest BCUT2D eigenvalue weighted by atomic mass is 10.1. The van der Waals surface area contributed by atoms with E-state index in [1.165, 1.54) is 0 Å². The van der Waals surface area contributed by atoms with E-state index in [0.717, 1.165) is 11.1 Å². The lowest BCUT2D eigenvalue weighted by Crippen LogP contribution is -2.31. The zero-order chi connectivity index (χ0) is 18.1. The highest BCUT2D eigenvalue weighted by Crippen LogP contribution is 2.13. The Bertz CT molecular complexity index is 683. The predicted molar refractivity (Wildman–Crippen MR) is 95.2 cm³/mol. The van der Waals surface area contributed by atoms with E-state index in [9.17, 15) is 9.59 Å². The summed E-state index contributed by atoms with van der Waals surface area (Å²) in [4.78, 5) is 25.3. The standard InChI is InChI=1S/C20H23NO4/c1-25-15-17-9-11-18(12-10-17)20(24)21(13-5-8-19(22)23)14-16-6-3-2-4-7-16/h2-4,6-7,9-12H,5,8,13-15H2,1H3,(H,22,23). The van der Waals surface area contributed by atoms with Crippen molar-refractivity contribution in [2.45, 2.75) is 26.0 Å². The number of hydrogen-bond acceptors (Lipinski definition) is 3. The molecule has 0 saturated carbocycles. The fraction of sp³-hybridized carbons (Fsp3) is 0.300. The van der Waals surface area contributed by atoms with Crippen molar-refractivity contribution < 1.29 is 19.4 Å². The van der Waals surface area contributed by atoms with Crippen LogP contribution in [0, 0.1) is 0 Å². The number of rotatable bonds is 9. The van der Waals surface area contributed by atoms with E-state index < -0.39 is 5.97 Å². The number of benzene rings is 2. The summed E-state index contributed by atoms with van der Waals surface area (Å²) in [5.41, 5.74) is 2.60. The Balaban J connectivity index is 2.11. The predicted octanol–water partition coefficient (Wildman–Crippen LogP) is 3.34. The van der Waals surface area contributed by atoms with Crippen molar-refractivity contribution >= 4 is 11.9 Å². The van der Waals surface area contributed by atoms with Gasteiger partial charge in [-0.1, -0.05) is 42.5 Å². The van der Waals surface area contributed by atoms with Crippen LogP contribution in [0.15, 0.2) is 54.6 Å². The van der Waals surface area contributed by atoms with Gasteiger partial charge in [-0.25, -0.2) is 0 Å². The van der Waals surface area contributed by atoms with E-state index in [1.807, 2.05) is 42.5 Å². The van der Waals surface area contributed by atoms with E-state index in [4.69, 9.17) is 9.84 Å². The van der Waals surface area contributed by atoms with E-state index in [2.05, 4.69) is 0 Å². The molecule has 2 aromatic carbocycles. The van der Waals surface area contributed by atoms with Gasteiger partial charge in [0.1, 0.15) is 0 Å². The van der Waals surface area contributed by atoms with Crippen LogP contribution in [0.2, 0.25) is 0 Å². The molecule has 0 radical (unpaired) electrons. The SMILES string of the molecule is COCc1ccc(C(=O)N(CCCC(=O)O)Cc2ccccc2)cc1. The van der Waals surface area contributed by atoms with Crippen LogP contribution in [0.25, 0.3) is 0 Å². The summed E-state index contributed by atoms with van der Waals surface area (Å²) in [7, 11) is 1.63. The second kappa shape index (κ2) is 9.59. The van der Waals surface area contributed by atoms with Crippen LogP contribution in [-0.2, 0) is 22.7 Å². The Morgan fingerprint density at radius 1 is 1.00 bits per heavy atom. The van der Waals surface area contributed by atoms with Crippen LogP contribution >= 0.6 is 0 Å². The Morgan fingerprint density at radius 2 is 1.68 bits per heavy atom. The lowest BCUT2D eigenvalue weighted by Gasteiger charge is -2.23. The number of carbonyl (C=O) groups excluding carboxylic acids is 1. The van der Waals surface area contributed by atoms with E-state index in [1.54, 1.807) is 24.1 Å². The van der Waals surface area contributed by atoms with E-state index in [-0.39, 0.29) is 12.3 Å². The molecule has 0 bridgehead atoms. The molecule has 1 amide bonds. The molecule has 0 aliphatic heterocycles. The van der Waals surface area contributed by atoms with Gasteiger partial charge in [0.05, 0.1) is 6.61 Å². The first kappa shape index (κ1) is 18.7. The average molecular weight is 341 g/mol. The largest absolute Gasteiger partial charge is 0.481 e. The van der Waals surface area contributed by atoms with Crippen molar-refractivity contribution in [3.63, 3.8) is 0 Å². The van der Waals surface area contributed by atoms with E-state index in [0.29, 0.717) is 31.7 Å². The summed E-state index contributed by atoms with van der Waals surface area (Å²) < 4.78 is 5.08. The third-order valence-corrected chi connectivity index (χ3v) is 3.83. The molecule has 2 aromatic rings. The molecule has 0 saturated heterocycles. The monoisotopic (exact) mass is 341 g/mol. The highest BCUT2D eigenvalue weighted by molar-refractivity contribution is 5.94. The summed E-state index contributed by atoms with van der Waals surface area (Å²) >= 11 is 0. The maximum absolute atomic E-state index is 12.8. The quantitative estimate of drug-likeness (QED) is 0.760. The summed E-state index contributed by atoms with van der Waals surface area (Å²) in [6, 6.07) is 17.0. The van der Waals surface area contributed by atoms with Gasteiger partial charge in [0.15, 0.2) is 0 Å². The van der Waals surface area contributed by atoms with E-state index >= 15 is 0 Å². The average Bonchev–Trinajstić information content (AvgIpc) is 2.62. The smallest absolute Gasteiger partial charge is 0.303 e. The van der Waals surface area contributed by atoms with Crippen LogP contribution in [0.5, 0.6) is 0 Å². The van der Waals surface area contributed by atoms with Crippen LogP contribution in [0.3, 0.4) is 0 Å². The topological polar surface area (TPSA) is 66.8 Å². The molecule has 0 atom stereocenters. The van der Waals surface area contributed by atoms with Gasteiger partial charge in [-0.3, -0.25) is 9.59 Å². The number of carboxylic acid groups (broad SMARTS) is 1. The third kappa shape index (κ3) is 6.04. The first-order chi connectivity index (χ1) is 12.1. The minimum atomic E-state index is -0.851. The molecule has 0 heterocycles. The van der Waals surface area contributed by atoms with Crippen molar-refractivity contribution in [3.8, 4) is 0 Å². The molecule has 0 unspecified atom stereocenters. The minimum absolute atomic E-state index is 0.0470. The molecule has 2 rings (SSSR count). The van der Waals surface area contributed by atoms with Crippen LogP contribution in [0.1, 0.15) is 34.3 Å². The molecule has 0 aliphatic rings. The highest BCUT2D eigenvalue weighted by Gasteiger charge is 2.16. The maximum atomic E-state index is 12.8. The molecular weight excluding hydrogens is 318 g/mol. The molecule has 0 aliphatic carbocycles. The number of methoxy groups -OCH3 is 1. The fourth-order valence-corrected chi connectivity index (χ4v) is 2.57. The van der Waals surface area contributed by atoms with Gasteiger partial charge in [0, 0.05) is 32.2 Å². The van der Waals surface area contributed by atoms with Crippen molar-refractivity contribution in [2.75, 3.05) is 13.7 Å². The van der Waals surface area contributed by atoms with Gasteiger partial charge in [0.2, 0.25) is 0 Å². The number of hydrogen-bond donors (Lipinski definition) is 1. The molecule has 132 valence electrons. The zero-order valence-corrected chi connectivity index (χ0v) is 14.4. The number of amides is 1. The second-order valence-electron chi connectivity index (χ2n) is 5.84. The summed E-state index contributed by atoms with van der Waals surface area (Å²) in [6.07, 6.45) is 0.473. The molecule has 25 heavy (non-hydrogen) atoms. The van der Waals surface area contributed by atoms with Gasteiger partial charge < -0.3 is 14.7 Å². The Labute approximate surface area is 147 Å². The van der Waals surface area contributed by atoms with Gasteiger partial charge in [-0.2, -0.15) is 0 Å². The Morgan fingerprint density at radius 3 is 2.28 bits per heavy atom. The van der Waals surface area contributed by atoms with Gasteiger partial charge in [-0.05, 0) is 29.7 Å². The zero-order valence-electron chi connectivity index (χ0n) is 14.4. The number of ether oxygens (including phenoxy) is 1. The molecule has 0 fully saturated rings. The van der Waals surface area contributed by atoms with Crippen molar-refractivity contribution in [2.24, 2.45) is 0 Å². The molecule has 0 aromatic heterocycles. The normalized spacial score (nSPS) is 10.4. The Hall–Kier alpha value is -2.66. The summed E-state index contributed by atoms with van der Waals surface area (Å²) in [5, 5.41) is 8.84. The minimum Gasteiger partial charge on any atom is -0.481 e. The second-order valence-corrected chi connectivity index (χ2v) is 5.84. The molecular formula is C20H23NO4. The van der Waals surface area contributed by atoms with Crippen molar-refractivity contribution in [1.82, 2.24) is 4.90 Å². The molecule has 5 heteroatoms. The van der Waals surface area contributed by atoms with Crippen LogP contribution in [-0.4, -0.2) is 35.5 Å². The van der Waals surface area contributed by atoms with Gasteiger partial charge in [-0.15, -0.1) is 0 Å². The van der Waals surface area contributed by atoms with Crippen molar-refractivity contribution in [1.29, 1.82) is 0 Å². The first-order valence-electron chi connectivity index (χ1n) is 8.23. The number of carbonyl (C=O) groups is 2. The fourth-order valence-electron chi connectivity index (χ4n) is 2.57. The number of aliphatic carboxylic acids is 1. The summed E-state index contributed by atoms with van der Waals surface area (Å²) in [5.74, 6) is -0.950. The van der Waals surface area contributed by atoms with Crippen molar-refractivity contribution in [3.05, 3.63) is 71.3 Å². The molecule has 1 N–H and O–H groups in total. The lowest BCUT2D eigenvalue weighted by molar-refractivity contribution is -0.137. The van der Waals surface area contributed by atoms with Gasteiger partial charge in [0.25, 0.3) is 5.91 Å². The molecule has 0 spiro atoms. The number of carboxylic acids is 1. The van der Waals surface area contributed by atoms with Gasteiger partial charge >= 0.3 is 5.97 Å². The number of nitrogens with zero attached hydrogens (tertiary/aromatic N) is 1. The summed E-state index contributed by atoms with van der Waals surface area (Å²) in [6.45, 7) is 1.36.